The Morgan fingerprint density at radius 2 is 1.51 bits per heavy atom. The van der Waals surface area contributed by atoms with E-state index in [2.05, 4.69) is 10.2 Å². The molecule has 208 valence electrons. The van der Waals surface area contributed by atoms with E-state index in [0.29, 0.717) is 23.1 Å². The average molecular weight is 597 g/mol. The van der Waals surface area contributed by atoms with Gasteiger partial charge in [0, 0.05) is 28.7 Å². The zero-order chi connectivity index (χ0) is 28.3. The number of hydrogen-bond acceptors (Lipinski definition) is 6. The van der Waals surface area contributed by atoms with Gasteiger partial charge in [0.1, 0.15) is 5.82 Å². The third-order valence-electron chi connectivity index (χ3n) is 6.49. The third-order valence-corrected chi connectivity index (χ3v) is 8.22. The maximum Gasteiger partial charge on any atom is 0.251 e. The van der Waals surface area contributed by atoms with Crippen molar-refractivity contribution in [1.29, 1.82) is 0 Å². The van der Waals surface area contributed by atoms with Gasteiger partial charge in [0.05, 0.1) is 43.3 Å². The Morgan fingerprint density at radius 3 is 1.97 bits per heavy atom. The number of nitrogens with one attached hydrogen (secondary N) is 1. The summed E-state index contributed by atoms with van der Waals surface area (Å²) in [4.78, 5) is 14.7. The number of rotatable bonds is 10. The van der Waals surface area contributed by atoms with Gasteiger partial charge in [0.25, 0.3) is 5.91 Å². The molecule has 4 rings (SSSR count). The molecule has 12 heteroatoms. The van der Waals surface area contributed by atoms with Crippen molar-refractivity contribution >= 4 is 44.8 Å². The predicted molar refractivity (Wildman–Crippen MR) is 149 cm³/mol. The first-order chi connectivity index (χ1) is 18.5. The van der Waals surface area contributed by atoms with Crippen LogP contribution in [0.25, 0.3) is 0 Å². The van der Waals surface area contributed by atoms with E-state index in [9.17, 15) is 27.8 Å². The molecule has 0 bridgehead atoms. The lowest BCUT2D eigenvalue weighted by atomic mass is 9.93. The van der Waals surface area contributed by atoms with E-state index in [-0.39, 0.29) is 17.3 Å². The van der Waals surface area contributed by atoms with Crippen LogP contribution in [0.5, 0.6) is 0 Å². The van der Waals surface area contributed by atoms with Crippen molar-refractivity contribution in [2.45, 2.75) is 18.1 Å². The van der Waals surface area contributed by atoms with Crippen molar-refractivity contribution < 1.29 is 27.8 Å². The first kappa shape index (κ1) is 29.3. The SMILES string of the molecule is CS(=O)(=O)N(c1cc(F)cc(C(=O)NC(CO)CO)c1)C1CN(C(c2ccc(Cl)cc2)c2ccc(Cl)cc2)C1. The zero-order valence-electron chi connectivity index (χ0n) is 21.0. The van der Waals surface area contributed by atoms with Crippen molar-refractivity contribution in [2.75, 3.05) is 36.9 Å². The first-order valence-corrected chi connectivity index (χ1v) is 14.7. The maximum atomic E-state index is 14.6. The number of aliphatic hydroxyl groups excluding tert-OH is 2. The van der Waals surface area contributed by atoms with Gasteiger partial charge in [-0.15, -0.1) is 0 Å². The molecule has 0 unspecified atom stereocenters. The van der Waals surface area contributed by atoms with Crippen LogP contribution in [0.1, 0.15) is 27.5 Å². The summed E-state index contributed by atoms with van der Waals surface area (Å²) in [5.41, 5.74) is 1.78. The van der Waals surface area contributed by atoms with Crippen molar-refractivity contribution in [1.82, 2.24) is 10.2 Å². The van der Waals surface area contributed by atoms with Crippen molar-refractivity contribution in [3.05, 3.63) is 99.3 Å². The second-order valence-corrected chi connectivity index (χ2v) is 12.1. The number of sulfonamides is 1. The van der Waals surface area contributed by atoms with Gasteiger partial charge < -0.3 is 15.5 Å². The van der Waals surface area contributed by atoms with E-state index in [1.165, 1.54) is 6.07 Å². The molecule has 39 heavy (non-hydrogen) atoms. The lowest BCUT2D eigenvalue weighted by Gasteiger charge is -2.48. The van der Waals surface area contributed by atoms with Gasteiger partial charge in [-0.25, -0.2) is 12.8 Å². The summed E-state index contributed by atoms with van der Waals surface area (Å²) in [6.45, 7) is -0.364. The number of carbonyl (C=O) groups is 1. The van der Waals surface area contributed by atoms with E-state index in [0.717, 1.165) is 33.8 Å². The van der Waals surface area contributed by atoms with Gasteiger partial charge in [-0.3, -0.25) is 14.0 Å². The molecular weight excluding hydrogens is 568 g/mol. The number of nitrogens with zero attached hydrogens (tertiary/aromatic N) is 2. The number of halogens is 3. The van der Waals surface area contributed by atoms with Crippen LogP contribution < -0.4 is 9.62 Å². The number of anilines is 1. The molecular formula is C27H28Cl2FN3O5S. The van der Waals surface area contributed by atoms with E-state index in [4.69, 9.17) is 23.2 Å². The maximum absolute atomic E-state index is 14.6. The lowest BCUT2D eigenvalue weighted by molar-refractivity contribution is 0.0879. The van der Waals surface area contributed by atoms with Crippen molar-refractivity contribution in [3.63, 3.8) is 0 Å². The lowest BCUT2D eigenvalue weighted by Crippen LogP contribution is -2.61. The highest BCUT2D eigenvalue weighted by Gasteiger charge is 2.41. The van der Waals surface area contributed by atoms with Crippen LogP contribution in [-0.2, 0) is 10.0 Å². The molecule has 3 N–H and O–H groups in total. The van der Waals surface area contributed by atoms with Crippen LogP contribution in [0.2, 0.25) is 10.0 Å². The molecule has 0 aromatic heterocycles. The monoisotopic (exact) mass is 595 g/mol. The Hall–Kier alpha value is -2.73. The molecule has 3 aromatic rings. The summed E-state index contributed by atoms with van der Waals surface area (Å²) in [6, 6.07) is 16.4. The Kier molecular flexibility index (Phi) is 9.15. The molecule has 0 aliphatic carbocycles. The molecule has 3 aromatic carbocycles. The van der Waals surface area contributed by atoms with Gasteiger partial charge in [-0.1, -0.05) is 47.5 Å². The second-order valence-electron chi connectivity index (χ2n) is 9.41. The summed E-state index contributed by atoms with van der Waals surface area (Å²) in [5.74, 6) is -1.55. The number of hydrogen-bond donors (Lipinski definition) is 3. The van der Waals surface area contributed by atoms with Gasteiger partial charge in [0.15, 0.2) is 0 Å². The van der Waals surface area contributed by atoms with E-state index < -0.39 is 47.0 Å². The minimum Gasteiger partial charge on any atom is -0.394 e. The summed E-state index contributed by atoms with van der Waals surface area (Å²) in [6.07, 6.45) is 1.03. The molecule has 1 amide bonds. The number of benzene rings is 3. The molecule has 1 heterocycles. The highest BCUT2D eigenvalue weighted by molar-refractivity contribution is 7.92. The minimum atomic E-state index is -3.87. The van der Waals surface area contributed by atoms with Crippen molar-refractivity contribution in [2.24, 2.45) is 0 Å². The third kappa shape index (κ3) is 6.89. The summed E-state index contributed by atoms with van der Waals surface area (Å²) in [7, 11) is -3.87. The number of carbonyl (C=O) groups excluding carboxylic acids is 1. The smallest absolute Gasteiger partial charge is 0.251 e. The topological polar surface area (TPSA) is 110 Å². The summed E-state index contributed by atoms with van der Waals surface area (Å²) in [5, 5.41) is 22.1. The number of amides is 1. The fraction of sp³-hybridized carbons (Fsp3) is 0.296. The van der Waals surface area contributed by atoms with E-state index in [1.807, 2.05) is 24.3 Å². The predicted octanol–water partition coefficient (Wildman–Crippen LogP) is 3.46. The molecule has 1 saturated heterocycles. The van der Waals surface area contributed by atoms with Gasteiger partial charge in [0.2, 0.25) is 10.0 Å². The molecule has 0 saturated carbocycles. The van der Waals surface area contributed by atoms with Crippen LogP contribution in [0, 0.1) is 5.82 Å². The Labute approximate surface area is 236 Å². The van der Waals surface area contributed by atoms with Gasteiger partial charge in [-0.2, -0.15) is 0 Å². The zero-order valence-corrected chi connectivity index (χ0v) is 23.3. The van der Waals surface area contributed by atoms with Crippen LogP contribution in [0.15, 0.2) is 66.7 Å². The summed E-state index contributed by atoms with van der Waals surface area (Å²) >= 11 is 12.2. The Balaban J connectivity index is 1.62. The molecule has 0 atom stereocenters. The molecule has 0 spiro atoms. The summed E-state index contributed by atoms with van der Waals surface area (Å²) < 4.78 is 41.5. The van der Waals surface area contributed by atoms with E-state index in [1.54, 1.807) is 24.3 Å². The Bertz CT molecular complexity index is 1370. The standard InChI is InChI=1S/C27H28Cl2FN3O5S/c1-39(37,38)33(24-11-19(10-22(30)12-24)27(36)31-23(15-34)16-35)25-13-32(14-25)26(17-2-6-20(28)7-3-17)18-4-8-21(29)9-5-18/h2-12,23,25-26,34-35H,13-16H2,1H3,(H,31,36). The molecule has 1 aliphatic heterocycles. The van der Waals surface area contributed by atoms with Crippen LogP contribution in [0.4, 0.5) is 10.1 Å². The largest absolute Gasteiger partial charge is 0.394 e. The minimum absolute atomic E-state index is 0.00591. The Morgan fingerprint density at radius 1 is 1.00 bits per heavy atom. The average Bonchev–Trinajstić information content (AvgIpc) is 2.86. The quantitative estimate of drug-likeness (QED) is 0.331. The van der Waals surface area contributed by atoms with E-state index >= 15 is 0 Å². The van der Waals surface area contributed by atoms with Gasteiger partial charge in [-0.05, 0) is 53.6 Å². The first-order valence-electron chi connectivity index (χ1n) is 12.1. The number of likely N-dealkylation sites (tertiary alicyclic amines) is 1. The second kappa shape index (κ2) is 12.2. The van der Waals surface area contributed by atoms with Crippen LogP contribution in [0.3, 0.4) is 0 Å². The normalized spacial score (nSPS) is 14.5. The highest BCUT2D eigenvalue weighted by atomic mass is 35.5. The molecule has 1 fully saturated rings. The van der Waals surface area contributed by atoms with Gasteiger partial charge >= 0.3 is 0 Å². The molecule has 8 nitrogen and oxygen atoms in total. The number of aliphatic hydroxyl groups is 2. The van der Waals surface area contributed by atoms with Crippen LogP contribution >= 0.6 is 23.2 Å². The fourth-order valence-corrected chi connectivity index (χ4v) is 6.09. The van der Waals surface area contributed by atoms with Crippen molar-refractivity contribution in [3.8, 4) is 0 Å². The highest BCUT2D eigenvalue weighted by Crippen LogP contribution is 2.37. The molecule has 1 aliphatic rings. The fourth-order valence-electron chi connectivity index (χ4n) is 4.67. The molecule has 0 radical (unpaired) electrons. The van der Waals surface area contributed by atoms with Crippen LogP contribution in [-0.4, -0.2) is 74.1 Å².